The molecule has 0 amide bonds. The number of hydrogen-bond donors (Lipinski definition) is 1. The third kappa shape index (κ3) is 3.82. The van der Waals surface area contributed by atoms with Gasteiger partial charge in [-0.15, -0.1) is 0 Å². The van der Waals surface area contributed by atoms with E-state index in [1.54, 1.807) is 7.05 Å². The fraction of sp³-hybridized carbons (Fsp3) is 0.917. The van der Waals surface area contributed by atoms with E-state index < -0.39 is 29.9 Å². The van der Waals surface area contributed by atoms with Crippen LogP contribution in [0.3, 0.4) is 0 Å². The van der Waals surface area contributed by atoms with Crippen molar-refractivity contribution in [1.29, 1.82) is 0 Å². The second-order valence-electron chi connectivity index (χ2n) is 4.86. The van der Waals surface area contributed by atoms with Gasteiger partial charge in [0.25, 0.3) is 0 Å². The Morgan fingerprint density at radius 1 is 1.47 bits per heavy atom. The first-order valence-electron chi connectivity index (χ1n) is 6.24. The highest BCUT2D eigenvalue weighted by Gasteiger charge is 2.45. The highest BCUT2D eigenvalue weighted by molar-refractivity contribution is 5.80. The van der Waals surface area contributed by atoms with Crippen LogP contribution in [0.4, 0.5) is 13.2 Å². The van der Waals surface area contributed by atoms with Crippen molar-refractivity contribution < 1.29 is 27.4 Å². The molecule has 3 unspecified atom stereocenters. The predicted octanol–water partition coefficient (Wildman–Crippen LogP) is 2.03. The maximum Gasteiger partial charge on any atom is 0.414 e. The number of likely N-dealkylation sites (N-methyl/N-ethyl adjacent to an activating group) is 1. The summed E-state index contributed by atoms with van der Waals surface area (Å²) in [5.74, 6) is -0.456. The number of carbonyl (C=O) groups excluding carboxylic acids is 1. The lowest BCUT2D eigenvalue weighted by Crippen LogP contribution is -2.55. The summed E-state index contributed by atoms with van der Waals surface area (Å²) in [5, 5.41) is 2.87. The van der Waals surface area contributed by atoms with Crippen LogP contribution in [0.2, 0.25) is 0 Å². The number of rotatable bonds is 4. The van der Waals surface area contributed by atoms with Gasteiger partial charge in [0.15, 0.2) is 6.10 Å². The van der Waals surface area contributed by atoms with Crippen molar-refractivity contribution in [3.63, 3.8) is 0 Å². The van der Waals surface area contributed by atoms with Gasteiger partial charge in [-0.2, -0.15) is 13.2 Å². The Balaban J connectivity index is 2.71. The van der Waals surface area contributed by atoms with Crippen LogP contribution in [0.15, 0.2) is 0 Å². The third-order valence-electron chi connectivity index (χ3n) is 3.62. The number of hydrogen-bond acceptors (Lipinski definition) is 4. The van der Waals surface area contributed by atoms with Gasteiger partial charge in [0.1, 0.15) is 5.54 Å². The van der Waals surface area contributed by atoms with E-state index in [-0.39, 0.29) is 6.42 Å². The van der Waals surface area contributed by atoms with Gasteiger partial charge in [0, 0.05) is 6.42 Å². The first-order chi connectivity index (χ1) is 8.75. The van der Waals surface area contributed by atoms with Gasteiger partial charge in [-0.05, 0) is 33.2 Å². The summed E-state index contributed by atoms with van der Waals surface area (Å²) in [7, 11) is 2.87. The van der Waals surface area contributed by atoms with Crippen LogP contribution in [-0.2, 0) is 14.3 Å². The van der Waals surface area contributed by atoms with Crippen LogP contribution in [-0.4, -0.2) is 44.0 Å². The van der Waals surface area contributed by atoms with Crippen LogP contribution < -0.4 is 5.32 Å². The number of methoxy groups -OCH3 is 1. The standard InChI is InChI=1S/C12H20F3NO3/c1-8(12(13,14)15)19-9-5-4-6-11(7-9,16-2)10(17)18-3/h8-9,16H,4-7H2,1-3H3. The highest BCUT2D eigenvalue weighted by atomic mass is 19.4. The van der Waals surface area contributed by atoms with Gasteiger partial charge >= 0.3 is 12.1 Å². The number of esters is 1. The molecule has 1 aliphatic carbocycles. The molecular formula is C12H20F3NO3. The third-order valence-corrected chi connectivity index (χ3v) is 3.62. The summed E-state index contributed by atoms with van der Waals surface area (Å²) in [6.45, 7) is 0.980. The molecule has 0 spiro atoms. The van der Waals surface area contributed by atoms with Gasteiger partial charge in [0.05, 0.1) is 13.2 Å². The van der Waals surface area contributed by atoms with Crippen LogP contribution in [0.25, 0.3) is 0 Å². The van der Waals surface area contributed by atoms with E-state index >= 15 is 0 Å². The van der Waals surface area contributed by atoms with Crippen LogP contribution in [0, 0.1) is 0 Å². The largest absolute Gasteiger partial charge is 0.468 e. The molecule has 0 bridgehead atoms. The number of alkyl halides is 3. The summed E-state index contributed by atoms with van der Waals surface area (Å²) in [5.41, 5.74) is -0.941. The Hall–Kier alpha value is -0.820. The molecule has 0 saturated heterocycles. The Labute approximate surface area is 110 Å². The molecule has 1 rings (SSSR count). The van der Waals surface area contributed by atoms with Crippen molar-refractivity contribution in [1.82, 2.24) is 5.32 Å². The Kier molecular flexibility index (Phi) is 5.20. The molecule has 1 fully saturated rings. The van der Waals surface area contributed by atoms with E-state index in [0.717, 1.165) is 6.92 Å². The Bertz CT molecular complexity index is 322. The van der Waals surface area contributed by atoms with E-state index in [2.05, 4.69) is 5.32 Å². The van der Waals surface area contributed by atoms with Crippen molar-refractivity contribution in [3.05, 3.63) is 0 Å². The number of carbonyl (C=O) groups is 1. The minimum Gasteiger partial charge on any atom is -0.468 e. The average molecular weight is 283 g/mol. The molecule has 0 aromatic heterocycles. The molecule has 4 nitrogen and oxygen atoms in total. The Morgan fingerprint density at radius 2 is 2.11 bits per heavy atom. The summed E-state index contributed by atoms with van der Waals surface area (Å²) >= 11 is 0. The maximum absolute atomic E-state index is 12.5. The molecule has 0 radical (unpaired) electrons. The lowest BCUT2D eigenvalue weighted by molar-refractivity contribution is -0.231. The zero-order valence-electron chi connectivity index (χ0n) is 11.3. The van der Waals surface area contributed by atoms with Crippen LogP contribution in [0.5, 0.6) is 0 Å². The van der Waals surface area contributed by atoms with Crippen molar-refractivity contribution in [2.75, 3.05) is 14.2 Å². The Morgan fingerprint density at radius 3 is 2.58 bits per heavy atom. The van der Waals surface area contributed by atoms with E-state index in [9.17, 15) is 18.0 Å². The van der Waals surface area contributed by atoms with E-state index in [0.29, 0.717) is 19.3 Å². The molecule has 3 atom stereocenters. The molecule has 1 saturated carbocycles. The quantitative estimate of drug-likeness (QED) is 0.802. The molecule has 0 heterocycles. The van der Waals surface area contributed by atoms with Crippen molar-refractivity contribution >= 4 is 5.97 Å². The minimum absolute atomic E-state index is 0.191. The van der Waals surface area contributed by atoms with E-state index in [1.807, 2.05) is 0 Å². The van der Waals surface area contributed by atoms with Crippen molar-refractivity contribution in [2.45, 2.75) is 56.5 Å². The van der Waals surface area contributed by atoms with Crippen LogP contribution >= 0.6 is 0 Å². The van der Waals surface area contributed by atoms with Crippen LogP contribution in [0.1, 0.15) is 32.6 Å². The fourth-order valence-corrected chi connectivity index (χ4v) is 2.42. The topological polar surface area (TPSA) is 47.6 Å². The highest BCUT2D eigenvalue weighted by Crippen LogP contribution is 2.33. The molecule has 0 aromatic rings. The molecule has 0 aromatic carbocycles. The summed E-state index contributed by atoms with van der Waals surface area (Å²) in [4.78, 5) is 11.8. The van der Waals surface area contributed by atoms with Gasteiger partial charge in [-0.3, -0.25) is 4.79 Å². The molecular weight excluding hydrogens is 263 g/mol. The lowest BCUT2D eigenvalue weighted by atomic mass is 9.80. The summed E-state index contributed by atoms with van der Waals surface area (Å²) in [6, 6.07) is 0. The number of halogens is 3. The molecule has 1 N–H and O–H groups in total. The summed E-state index contributed by atoms with van der Waals surface area (Å²) in [6.07, 6.45) is -4.95. The van der Waals surface area contributed by atoms with Gasteiger partial charge < -0.3 is 14.8 Å². The first-order valence-corrected chi connectivity index (χ1v) is 6.24. The zero-order valence-corrected chi connectivity index (χ0v) is 11.3. The second kappa shape index (κ2) is 6.09. The zero-order chi connectivity index (χ0) is 14.7. The normalized spacial score (nSPS) is 29.9. The van der Waals surface area contributed by atoms with Gasteiger partial charge in [-0.25, -0.2) is 0 Å². The molecule has 0 aliphatic heterocycles. The monoisotopic (exact) mass is 283 g/mol. The number of nitrogens with one attached hydrogen (secondary N) is 1. The SMILES string of the molecule is CNC1(C(=O)OC)CCCC(OC(C)C(F)(F)F)C1. The molecule has 7 heteroatoms. The minimum atomic E-state index is -4.38. The summed E-state index contributed by atoms with van der Waals surface area (Å²) < 4.78 is 47.2. The smallest absolute Gasteiger partial charge is 0.414 e. The molecule has 1 aliphatic rings. The molecule has 112 valence electrons. The van der Waals surface area contributed by atoms with E-state index in [4.69, 9.17) is 9.47 Å². The predicted molar refractivity (Wildman–Crippen MR) is 62.7 cm³/mol. The fourth-order valence-electron chi connectivity index (χ4n) is 2.42. The van der Waals surface area contributed by atoms with Crippen molar-refractivity contribution in [3.8, 4) is 0 Å². The van der Waals surface area contributed by atoms with Gasteiger partial charge in [-0.1, -0.05) is 0 Å². The molecule has 19 heavy (non-hydrogen) atoms. The first kappa shape index (κ1) is 16.2. The average Bonchev–Trinajstić information content (AvgIpc) is 2.36. The number of ether oxygens (including phenoxy) is 2. The van der Waals surface area contributed by atoms with Gasteiger partial charge in [0.2, 0.25) is 0 Å². The maximum atomic E-state index is 12.5. The van der Waals surface area contributed by atoms with E-state index in [1.165, 1.54) is 7.11 Å². The second-order valence-corrected chi connectivity index (χ2v) is 4.86. The van der Waals surface area contributed by atoms with Crippen molar-refractivity contribution in [2.24, 2.45) is 0 Å². The lowest BCUT2D eigenvalue weighted by Gasteiger charge is -2.39.